The second-order valence-corrected chi connectivity index (χ2v) is 5.99. The van der Waals surface area contributed by atoms with Crippen LogP contribution in [0.15, 0.2) is 51.7 Å². The number of benzene rings is 1. The monoisotopic (exact) mass is 340 g/mol. The number of amides is 3. The molecule has 1 aromatic carbocycles. The lowest BCUT2D eigenvalue weighted by atomic mass is 10.3. The van der Waals surface area contributed by atoms with E-state index in [1.807, 2.05) is 35.0 Å². The molecule has 4 rings (SSSR count). The van der Waals surface area contributed by atoms with E-state index in [2.05, 4.69) is 10.1 Å². The fraction of sp³-hybridized carbons (Fsp3) is 0.125. The van der Waals surface area contributed by atoms with Crippen molar-refractivity contribution < 1.29 is 14.1 Å². The molecule has 0 N–H and O–H groups in total. The van der Waals surface area contributed by atoms with Crippen LogP contribution in [0.1, 0.15) is 5.82 Å². The average Bonchev–Trinajstić information content (AvgIpc) is 3.32. The number of carbonyl (C=O) groups is 2. The lowest BCUT2D eigenvalue weighted by Gasteiger charge is -2.15. The maximum Gasteiger partial charge on any atom is 0.332 e. The summed E-state index contributed by atoms with van der Waals surface area (Å²) in [6, 6.07) is 10.6. The Labute approximate surface area is 141 Å². The lowest BCUT2D eigenvalue weighted by molar-refractivity contribution is -0.125. The molecule has 1 saturated heterocycles. The molecule has 24 heavy (non-hydrogen) atoms. The number of aromatic nitrogens is 2. The van der Waals surface area contributed by atoms with E-state index < -0.39 is 0 Å². The van der Waals surface area contributed by atoms with Crippen LogP contribution in [0.4, 0.5) is 10.5 Å². The van der Waals surface area contributed by atoms with Gasteiger partial charge in [-0.05, 0) is 23.6 Å². The predicted octanol–water partition coefficient (Wildman–Crippen LogP) is 2.77. The van der Waals surface area contributed by atoms with E-state index in [1.54, 1.807) is 12.1 Å². The van der Waals surface area contributed by atoms with Crippen LogP contribution < -0.4 is 4.90 Å². The minimum Gasteiger partial charge on any atom is -0.334 e. The fourth-order valence-electron chi connectivity index (χ4n) is 2.47. The van der Waals surface area contributed by atoms with Gasteiger partial charge in [-0.2, -0.15) is 16.3 Å². The van der Waals surface area contributed by atoms with E-state index in [0.29, 0.717) is 17.4 Å². The summed E-state index contributed by atoms with van der Waals surface area (Å²) in [5.41, 5.74) is 1.51. The zero-order chi connectivity index (χ0) is 16.5. The van der Waals surface area contributed by atoms with Crippen molar-refractivity contribution in [2.45, 2.75) is 6.54 Å². The van der Waals surface area contributed by atoms with Gasteiger partial charge in [-0.15, -0.1) is 0 Å². The third-order valence-electron chi connectivity index (χ3n) is 3.66. The molecule has 1 aliphatic heterocycles. The highest BCUT2D eigenvalue weighted by Crippen LogP contribution is 2.23. The van der Waals surface area contributed by atoms with Crippen LogP contribution in [-0.4, -0.2) is 33.5 Å². The van der Waals surface area contributed by atoms with Crippen LogP contribution >= 0.6 is 11.3 Å². The normalized spacial score (nSPS) is 14.7. The molecule has 1 aliphatic rings. The van der Waals surface area contributed by atoms with Crippen molar-refractivity contribution in [2.24, 2.45) is 0 Å². The van der Waals surface area contributed by atoms with Gasteiger partial charge in [0.2, 0.25) is 0 Å². The van der Waals surface area contributed by atoms with Gasteiger partial charge in [-0.3, -0.25) is 14.6 Å². The molecule has 3 heterocycles. The number of carbonyl (C=O) groups excluding carboxylic acids is 2. The Hall–Kier alpha value is -3.00. The van der Waals surface area contributed by atoms with E-state index in [-0.39, 0.29) is 25.0 Å². The molecule has 1 fully saturated rings. The quantitative estimate of drug-likeness (QED) is 0.682. The van der Waals surface area contributed by atoms with E-state index in [1.165, 1.54) is 16.2 Å². The molecular formula is C16H12N4O3S. The molecule has 0 radical (unpaired) electrons. The summed E-state index contributed by atoms with van der Waals surface area (Å²) in [5.74, 6) is 0.392. The third kappa shape index (κ3) is 2.56. The Balaban J connectivity index is 1.53. The molecule has 0 aliphatic carbocycles. The second kappa shape index (κ2) is 5.89. The molecule has 0 spiro atoms. The highest BCUT2D eigenvalue weighted by atomic mass is 32.1. The van der Waals surface area contributed by atoms with Gasteiger partial charge in [0.1, 0.15) is 6.54 Å². The van der Waals surface area contributed by atoms with Crippen molar-refractivity contribution in [3.63, 3.8) is 0 Å². The molecule has 0 atom stereocenters. The first-order valence-corrected chi connectivity index (χ1v) is 8.19. The summed E-state index contributed by atoms with van der Waals surface area (Å²) < 4.78 is 5.18. The molecular weight excluding hydrogens is 328 g/mol. The molecule has 3 amide bonds. The van der Waals surface area contributed by atoms with Gasteiger partial charge in [-0.1, -0.05) is 23.4 Å². The third-order valence-corrected chi connectivity index (χ3v) is 4.34. The first kappa shape index (κ1) is 14.6. The number of imide groups is 1. The van der Waals surface area contributed by atoms with Crippen LogP contribution in [0.2, 0.25) is 0 Å². The Bertz CT molecular complexity index is 876. The summed E-state index contributed by atoms with van der Waals surface area (Å²) in [4.78, 5) is 31.5. The van der Waals surface area contributed by atoms with Gasteiger partial charge >= 0.3 is 6.03 Å². The zero-order valence-corrected chi connectivity index (χ0v) is 13.3. The standard InChI is InChI=1S/C16H12N4O3S/c21-14-9-19(12-4-2-1-3-5-12)16(22)20(14)8-13-17-15(23-18-13)11-6-7-24-10-11/h1-7,10H,8-9H2. The summed E-state index contributed by atoms with van der Waals surface area (Å²) in [6.07, 6.45) is 0. The van der Waals surface area contributed by atoms with Crippen molar-refractivity contribution in [1.82, 2.24) is 15.0 Å². The zero-order valence-electron chi connectivity index (χ0n) is 12.5. The summed E-state index contributed by atoms with van der Waals surface area (Å²) in [5, 5.41) is 7.65. The van der Waals surface area contributed by atoms with Gasteiger partial charge in [-0.25, -0.2) is 4.79 Å². The van der Waals surface area contributed by atoms with Gasteiger partial charge < -0.3 is 4.52 Å². The van der Waals surface area contributed by atoms with E-state index in [9.17, 15) is 9.59 Å². The van der Waals surface area contributed by atoms with Crippen molar-refractivity contribution in [3.8, 4) is 11.5 Å². The second-order valence-electron chi connectivity index (χ2n) is 5.21. The number of anilines is 1. The van der Waals surface area contributed by atoms with Crippen molar-refractivity contribution in [2.75, 3.05) is 11.4 Å². The van der Waals surface area contributed by atoms with Crippen LogP contribution in [0, 0.1) is 0 Å². The van der Waals surface area contributed by atoms with Crippen LogP contribution in [0.5, 0.6) is 0 Å². The Morgan fingerprint density at radius 3 is 2.75 bits per heavy atom. The largest absolute Gasteiger partial charge is 0.334 e. The number of thiophene rings is 1. The molecule has 8 heteroatoms. The van der Waals surface area contributed by atoms with Gasteiger partial charge in [0.25, 0.3) is 11.8 Å². The predicted molar refractivity (Wildman–Crippen MR) is 87.3 cm³/mol. The molecule has 0 unspecified atom stereocenters. The summed E-state index contributed by atoms with van der Waals surface area (Å²) >= 11 is 1.52. The molecule has 0 saturated carbocycles. The minimum absolute atomic E-state index is 0.00532. The lowest BCUT2D eigenvalue weighted by Crippen LogP contribution is -2.32. The Morgan fingerprint density at radius 1 is 1.17 bits per heavy atom. The van der Waals surface area contributed by atoms with Crippen LogP contribution in [0.25, 0.3) is 11.5 Å². The summed E-state index contributed by atoms with van der Waals surface area (Å²) in [7, 11) is 0. The van der Waals surface area contributed by atoms with E-state index in [0.717, 1.165) is 10.5 Å². The topological polar surface area (TPSA) is 79.5 Å². The van der Waals surface area contributed by atoms with Crippen LogP contribution in [0.3, 0.4) is 0 Å². The first-order chi connectivity index (χ1) is 11.7. The van der Waals surface area contributed by atoms with Crippen LogP contribution in [-0.2, 0) is 11.3 Å². The number of para-hydroxylation sites is 1. The van der Waals surface area contributed by atoms with Gasteiger partial charge in [0, 0.05) is 11.1 Å². The molecule has 3 aromatic rings. The number of hydrogen-bond donors (Lipinski definition) is 0. The SMILES string of the molecule is O=C1CN(c2ccccc2)C(=O)N1Cc1noc(-c2ccsc2)n1. The fourth-order valence-corrected chi connectivity index (χ4v) is 3.10. The Morgan fingerprint density at radius 2 is 2.00 bits per heavy atom. The highest BCUT2D eigenvalue weighted by molar-refractivity contribution is 7.08. The minimum atomic E-state index is -0.381. The van der Waals surface area contributed by atoms with Crippen molar-refractivity contribution in [3.05, 3.63) is 53.0 Å². The van der Waals surface area contributed by atoms with Crippen molar-refractivity contribution >= 4 is 29.0 Å². The number of rotatable bonds is 4. The average molecular weight is 340 g/mol. The van der Waals surface area contributed by atoms with E-state index >= 15 is 0 Å². The van der Waals surface area contributed by atoms with Crippen molar-refractivity contribution in [1.29, 1.82) is 0 Å². The maximum absolute atomic E-state index is 12.5. The summed E-state index contributed by atoms with van der Waals surface area (Å²) in [6.45, 7) is 0.00667. The number of urea groups is 1. The van der Waals surface area contributed by atoms with E-state index in [4.69, 9.17) is 4.52 Å². The maximum atomic E-state index is 12.5. The molecule has 2 aromatic heterocycles. The number of hydrogen-bond acceptors (Lipinski definition) is 6. The highest BCUT2D eigenvalue weighted by Gasteiger charge is 2.37. The smallest absolute Gasteiger partial charge is 0.332 e. The molecule has 0 bridgehead atoms. The van der Waals surface area contributed by atoms with Gasteiger partial charge in [0.05, 0.1) is 12.1 Å². The molecule has 7 nitrogen and oxygen atoms in total. The number of nitrogens with zero attached hydrogens (tertiary/aromatic N) is 4. The first-order valence-electron chi connectivity index (χ1n) is 7.24. The van der Waals surface area contributed by atoms with Gasteiger partial charge in [0.15, 0.2) is 5.82 Å². The molecule has 120 valence electrons. The Kier molecular flexibility index (Phi) is 3.58.